The van der Waals surface area contributed by atoms with Crippen molar-refractivity contribution >= 4 is 23.4 Å². The van der Waals surface area contributed by atoms with Crippen LogP contribution in [0.3, 0.4) is 0 Å². The summed E-state index contributed by atoms with van der Waals surface area (Å²) in [7, 11) is 1.84. The highest BCUT2D eigenvalue weighted by Crippen LogP contribution is 2.10. The van der Waals surface area contributed by atoms with E-state index in [4.69, 9.17) is 0 Å². The van der Waals surface area contributed by atoms with Crippen LogP contribution in [0.15, 0.2) is 12.4 Å². The molecule has 0 fully saturated rings. The van der Waals surface area contributed by atoms with Crippen LogP contribution in [-0.4, -0.2) is 34.6 Å². The van der Waals surface area contributed by atoms with E-state index >= 15 is 0 Å². The van der Waals surface area contributed by atoms with Gasteiger partial charge in [-0.1, -0.05) is 6.92 Å². The summed E-state index contributed by atoms with van der Waals surface area (Å²) in [5, 5.41) is 6.32. The van der Waals surface area contributed by atoms with Gasteiger partial charge in [-0.25, -0.2) is 4.98 Å². The Bertz CT molecular complexity index is 306. The van der Waals surface area contributed by atoms with Crippen molar-refractivity contribution < 1.29 is 0 Å². The summed E-state index contributed by atoms with van der Waals surface area (Å²) in [5.41, 5.74) is 0. The van der Waals surface area contributed by atoms with Crippen LogP contribution in [0.5, 0.6) is 0 Å². The minimum atomic E-state index is 0.431. The second-order valence-corrected chi connectivity index (χ2v) is 4.96. The number of hydrogen-bond acceptors (Lipinski definition) is 5. The van der Waals surface area contributed by atoms with Gasteiger partial charge in [0.1, 0.15) is 11.6 Å². The number of nitrogens with zero attached hydrogens (tertiary/aromatic N) is 2. The number of nitrogens with one attached hydrogen (secondary N) is 2. The molecule has 0 aromatic carbocycles. The molecule has 1 heterocycles. The molecule has 0 saturated heterocycles. The molecule has 90 valence electrons. The van der Waals surface area contributed by atoms with Crippen molar-refractivity contribution in [1.82, 2.24) is 9.97 Å². The molecule has 1 rings (SSSR count). The number of hydrogen-bond donors (Lipinski definition) is 2. The maximum Gasteiger partial charge on any atom is 0.147 e. The number of thioether (sulfide) groups is 1. The van der Waals surface area contributed by atoms with Crippen LogP contribution < -0.4 is 10.6 Å². The zero-order valence-electron chi connectivity index (χ0n) is 10.2. The smallest absolute Gasteiger partial charge is 0.147 e. The summed E-state index contributed by atoms with van der Waals surface area (Å²) in [6.07, 6.45) is 4.61. The summed E-state index contributed by atoms with van der Waals surface area (Å²) >= 11 is 1.97. The molecule has 5 heteroatoms. The van der Waals surface area contributed by atoms with Gasteiger partial charge in [-0.2, -0.15) is 11.8 Å². The van der Waals surface area contributed by atoms with E-state index in [-0.39, 0.29) is 0 Å². The van der Waals surface area contributed by atoms with E-state index in [1.807, 2.05) is 18.8 Å². The molecule has 0 aliphatic heterocycles. The van der Waals surface area contributed by atoms with E-state index in [2.05, 4.69) is 34.4 Å². The SMILES string of the molecule is CCSCCC(C)Nc1cncc(NC)n1. The number of rotatable bonds is 7. The van der Waals surface area contributed by atoms with E-state index in [0.29, 0.717) is 6.04 Å². The Morgan fingerprint density at radius 1 is 1.38 bits per heavy atom. The van der Waals surface area contributed by atoms with Gasteiger partial charge in [0, 0.05) is 13.1 Å². The molecule has 1 aromatic rings. The largest absolute Gasteiger partial charge is 0.372 e. The first kappa shape index (κ1) is 13.1. The van der Waals surface area contributed by atoms with Crippen molar-refractivity contribution in [2.75, 3.05) is 29.2 Å². The van der Waals surface area contributed by atoms with Gasteiger partial charge in [0.15, 0.2) is 0 Å². The Hall–Kier alpha value is -0.970. The van der Waals surface area contributed by atoms with Crippen molar-refractivity contribution in [3.63, 3.8) is 0 Å². The van der Waals surface area contributed by atoms with Crippen molar-refractivity contribution in [3.8, 4) is 0 Å². The van der Waals surface area contributed by atoms with Crippen LogP contribution in [0.1, 0.15) is 20.3 Å². The zero-order chi connectivity index (χ0) is 11.8. The van der Waals surface area contributed by atoms with Gasteiger partial charge in [-0.05, 0) is 24.9 Å². The Morgan fingerprint density at radius 3 is 2.81 bits per heavy atom. The molecule has 1 aromatic heterocycles. The highest BCUT2D eigenvalue weighted by Gasteiger charge is 2.03. The molecule has 2 N–H and O–H groups in total. The van der Waals surface area contributed by atoms with Crippen molar-refractivity contribution in [3.05, 3.63) is 12.4 Å². The number of aromatic nitrogens is 2. The maximum atomic E-state index is 4.37. The highest BCUT2D eigenvalue weighted by atomic mass is 32.2. The summed E-state index contributed by atoms with van der Waals surface area (Å²) in [6.45, 7) is 4.36. The van der Waals surface area contributed by atoms with Crippen LogP contribution in [-0.2, 0) is 0 Å². The normalized spacial score (nSPS) is 12.2. The fourth-order valence-corrected chi connectivity index (χ4v) is 2.09. The summed E-state index contributed by atoms with van der Waals surface area (Å²) in [4.78, 5) is 8.48. The molecule has 16 heavy (non-hydrogen) atoms. The van der Waals surface area contributed by atoms with Gasteiger partial charge in [0.25, 0.3) is 0 Å². The Kier molecular flexibility index (Phi) is 6.00. The lowest BCUT2D eigenvalue weighted by molar-refractivity contribution is 0.765. The van der Waals surface area contributed by atoms with Crippen molar-refractivity contribution in [2.24, 2.45) is 0 Å². The highest BCUT2D eigenvalue weighted by molar-refractivity contribution is 7.99. The monoisotopic (exact) mass is 240 g/mol. The van der Waals surface area contributed by atoms with Crippen LogP contribution >= 0.6 is 11.8 Å². The van der Waals surface area contributed by atoms with Gasteiger partial charge in [-0.3, -0.25) is 4.98 Å². The van der Waals surface area contributed by atoms with Crippen LogP contribution in [0.2, 0.25) is 0 Å². The van der Waals surface area contributed by atoms with Crippen molar-refractivity contribution in [1.29, 1.82) is 0 Å². The minimum absolute atomic E-state index is 0.431. The first-order valence-electron chi connectivity index (χ1n) is 5.60. The Labute approximate surface area is 102 Å². The molecule has 0 spiro atoms. The maximum absolute atomic E-state index is 4.37. The Balaban J connectivity index is 2.39. The molecular weight excluding hydrogens is 220 g/mol. The molecule has 1 atom stereocenters. The molecular formula is C11H20N4S. The average molecular weight is 240 g/mol. The van der Waals surface area contributed by atoms with Gasteiger partial charge in [0.2, 0.25) is 0 Å². The van der Waals surface area contributed by atoms with Gasteiger partial charge in [0.05, 0.1) is 12.4 Å². The molecule has 0 aliphatic rings. The quantitative estimate of drug-likeness (QED) is 0.717. The predicted octanol–water partition coefficient (Wildman–Crippen LogP) is 2.46. The lowest BCUT2D eigenvalue weighted by Gasteiger charge is -2.14. The van der Waals surface area contributed by atoms with Crippen molar-refractivity contribution in [2.45, 2.75) is 26.3 Å². The third-order valence-corrected chi connectivity index (χ3v) is 3.12. The van der Waals surface area contributed by atoms with Crippen LogP contribution in [0.4, 0.5) is 11.6 Å². The fraction of sp³-hybridized carbons (Fsp3) is 0.636. The summed E-state index contributed by atoms with van der Waals surface area (Å²) in [6, 6.07) is 0.431. The average Bonchev–Trinajstić information content (AvgIpc) is 2.29. The van der Waals surface area contributed by atoms with Gasteiger partial charge >= 0.3 is 0 Å². The van der Waals surface area contributed by atoms with E-state index < -0.39 is 0 Å². The molecule has 0 radical (unpaired) electrons. The zero-order valence-corrected chi connectivity index (χ0v) is 11.0. The first-order chi connectivity index (χ1) is 7.76. The molecule has 0 bridgehead atoms. The minimum Gasteiger partial charge on any atom is -0.372 e. The molecule has 4 nitrogen and oxygen atoms in total. The predicted molar refractivity (Wildman–Crippen MR) is 72.3 cm³/mol. The second-order valence-electron chi connectivity index (χ2n) is 3.57. The van der Waals surface area contributed by atoms with Gasteiger partial charge in [-0.15, -0.1) is 0 Å². The summed E-state index contributed by atoms with van der Waals surface area (Å²) < 4.78 is 0. The Morgan fingerprint density at radius 2 is 2.12 bits per heavy atom. The number of anilines is 2. The third kappa shape index (κ3) is 4.70. The van der Waals surface area contributed by atoms with Gasteiger partial charge < -0.3 is 10.6 Å². The fourth-order valence-electron chi connectivity index (χ4n) is 1.29. The van der Waals surface area contributed by atoms with E-state index in [1.165, 1.54) is 11.5 Å². The van der Waals surface area contributed by atoms with E-state index in [0.717, 1.165) is 18.1 Å². The van der Waals surface area contributed by atoms with Crippen LogP contribution in [0.25, 0.3) is 0 Å². The summed E-state index contributed by atoms with van der Waals surface area (Å²) in [5.74, 6) is 3.99. The lowest BCUT2D eigenvalue weighted by atomic mass is 10.2. The first-order valence-corrected chi connectivity index (χ1v) is 6.75. The molecule has 0 amide bonds. The molecule has 1 unspecified atom stereocenters. The lowest BCUT2D eigenvalue weighted by Crippen LogP contribution is -2.17. The molecule has 0 aliphatic carbocycles. The van der Waals surface area contributed by atoms with E-state index in [9.17, 15) is 0 Å². The van der Waals surface area contributed by atoms with E-state index in [1.54, 1.807) is 12.4 Å². The topological polar surface area (TPSA) is 49.8 Å². The van der Waals surface area contributed by atoms with Crippen LogP contribution in [0, 0.1) is 0 Å². The standard InChI is InChI=1S/C11H20N4S/c1-4-16-6-5-9(2)14-11-8-13-7-10(12-3)15-11/h7-9H,4-6H2,1-3H3,(H2,12,14,15). The second kappa shape index (κ2) is 7.33. The molecule has 0 saturated carbocycles. The third-order valence-electron chi connectivity index (χ3n) is 2.18.